The van der Waals surface area contributed by atoms with Crippen molar-refractivity contribution in [3.05, 3.63) is 60.2 Å². The second-order valence-electron chi connectivity index (χ2n) is 17.1. The normalized spacial score (nSPS) is 20.2. The highest BCUT2D eigenvalue weighted by Gasteiger charge is 2.42. The van der Waals surface area contributed by atoms with Gasteiger partial charge < -0.3 is 39.9 Å². The Morgan fingerprint density at radius 3 is 1.51 bits per heavy atom. The fraction of sp³-hybridized carbons (Fsp3) is 0.455. The van der Waals surface area contributed by atoms with E-state index in [1.807, 2.05) is 37.5 Å². The first-order valence-corrected chi connectivity index (χ1v) is 23.2. The van der Waals surface area contributed by atoms with Crippen LogP contribution in [0.2, 0.25) is 0 Å². The second kappa shape index (κ2) is 17.2. The number of rotatable bonds is 11. The van der Waals surface area contributed by atoms with Gasteiger partial charge in [-0.15, -0.1) is 34.0 Å². The quantitative estimate of drug-likeness (QED) is 0.0997. The number of aromatic nitrogens is 4. The Labute approximate surface area is 366 Å². The van der Waals surface area contributed by atoms with Crippen molar-refractivity contribution in [2.45, 2.75) is 78.6 Å². The number of hydrogen-bond acceptors (Lipinski definition) is 11. The number of carbonyl (C=O) groups excluding carboxylic acids is 4. The van der Waals surface area contributed by atoms with E-state index in [9.17, 15) is 19.2 Å². The number of methoxy groups -OCH3 is 2. The third kappa shape index (κ3) is 8.51. The number of fused-ring (bicyclic) bond motifs is 2. The van der Waals surface area contributed by atoms with Crippen LogP contribution >= 0.6 is 34.0 Å². The third-order valence-electron chi connectivity index (χ3n) is 11.7. The number of H-pyrrole nitrogens is 2. The molecule has 4 amide bonds. The van der Waals surface area contributed by atoms with Gasteiger partial charge in [0.25, 0.3) is 0 Å². The van der Waals surface area contributed by atoms with Gasteiger partial charge in [-0.05, 0) is 71.9 Å². The Balaban J connectivity index is 0.941. The number of thiophene rings is 3. The molecule has 2 aliphatic rings. The van der Waals surface area contributed by atoms with Crippen molar-refractivity contribution in [3.8, 4) is 30.6 Å². The number of hydrogen-bond donors (Lipinski definition) is 4. The molecule has 0 aliphatic carbocycles. The minimum atomic E-state index is -0.689. The maximum atomic E-state index is 13.7. The van der Waals surface area contributed by atoms with E-state index < -0.39 is 24.3 Å². The van der Waals surface area contributed by atoms with Gasteiger partial charge in [0.05, 0.1) is 37.3 Å². The number of aromatic amines is 2. The monoisotopic (exact) mass is 884 g/mol. The fourth-order valence-corrected chi connectivity index (χ4v) is 11.6. The summed E-state index contributed by atoms with van der Waals surface area (Å²) in [6.07, 6.45) is 0.341. The van der Waals surface area contributed by atoms with Crippen molar-refractivity contribution in [2.24, 2.45) is 23.7 Å². The van der Waals surface area contributed by atoms with Crippen LogP contribution in [-0.2, 0) is 19.1 Å². The number of amides is 4. The molecule has 14 nitrogen and oxygen atoms in total. The van der Waals surface area contributed by atoms with E-state index in [-0.39, 0.29) is 35.7 Å². The van der Waals surface area contributed by atoms with E-state index in [4.69, 9.17) is 19.4 Å². The Hall–Kier alpha value is -5.26. The molecule has 0 spiro atoms. The molecule has 6 aromatic rings. The molecule has 322 valence electrons. The number of ether oxygens (including phenoxy) is 2. The van der Waals surface area contributed by atoms with E-state index in [2.05, 4.69) is 83.0 Å². The molecule has 2 aliphatic heterocycles. The largest absolute Gasteiger partial charge is 0.453 e. The minimum Gasteiger partial charge on any atom is -0.453 e. The van der Waals surface area contributed by atoms with Gasteiger partial charge in [-0.25, -0.2) is 19.6 Å². The zero-order valence-corrected chi connectivity index (χ0v) is 38.0. The molecule has 0 saturated carbocycles. The van der Waals surface area contributed by atoms with Gasteiger partial charge in [0.15, 0.2) is 0 Å². The summed E-state index contributed by atoms with van der Waals surface area (Å²) in [4.78, 5) is 78.6. The Kier molecular flexibility index (Phi) is 12.0. The molecule has 1 aromatic carbocycles. The Bertz CT molecular complexity index is 2510. The SMILES string of the molecule is COC(=O)N[C@H](C(=O)N1C[C@@H](C)C[C@@H]1c1nc2sc(-c3ccc(-c4ccc(-c5cc6[nH]c([C@@H]7C[C@H](C)CN7C(=O)[C@@H](NC(=O)OC)C(C)C)nc6s5)s4)cc3)cc2[nH]1)C(C)C. The zero-order chi connectivity index (χ0) is 43.3. The maximum absolute atomic E-state index is 13.7. The van der Waals surface area contributed by atoms with Crippen LogP contribution < -0.4 is 10.6 Å². The molecular weight excluding hydrogens is 833 g/mol. The van der Waals surface area contributed by atoms with Crippen molar-refractivity contribution in [3.63, 3.8) is 0 Å². The van der Waals surface area contributed by atoms with Crippen molar-refractivity contribution in [1.82, 2.24) is 40.4 Å². The first kappa shape index (κ1) is 42.4. The molecule has 2 saturated heterocycles. The van der Waals surface area contributed by atoms with Gasteiger partial charge in [-0.1, -0.05) is 65.8 Å². The molecule has 0 bridgehead atoms. The van der Waals surface area contributed by atoms with Crippen LogP contribution in [0.25, 0.3) is 51.3 Å². The summed E-state index contributed by atoms with van der Waals surface area (Å²) in [5, 5.41) is 5.45. The van der Waals surface area contributed by atoms with Crippen LogP contribution in [0.3, 0.4) is 0 Å². The van der Waals surface area contributed by atoms with Crippen LogP contribution in [0.5, 0.6) is 0 Å². The number of nitrogens with zero attached hydrogens (tertiary/aromatic N) is 4. The van der Waals surface area contributed by atoms with Gasteiger partial charge in [0.1, 0.15) is 33.4 Å². The summed E-state index contributed by atoms with van der Waals surface area (Å²) in [5.41, 5.74) is 4.11. The minimum absolute atomic E-state index is 0.105. The smallest absolute Gasteiger partial charge is 0.407 e. The highest BCUT2D eigenvalue weighted by molar-refractivity contribution is 7.26. The lowest BCUT2D eigenvalue weighted by molar-refractivity contribution is -0.136. The first-order valence-electron chi connectivity index (χ1n) is 20.7. The average molecular weight is 885 g/mol. The Morgan fingerprint density at radius 1 is 0.639 bits per heavy atom. The number of carbonyl (C=O) groups is 4. The van der Waals surface area contributed by atoms with Crippen LogP contribution in [0.1, 0.15) is 78.1 Å². The molecule has 17 heteroatoms. The van der Waals surface area contributed by atoms with Crippen molar-refractivity contribution in [2.75, 3.05) is 27.3 Å². The second-order valence-corrected chi connectivity index (χ2v) is 20.2. The summed E-state index contributed by atoms with van der Waals surface area (Å²) in [6.45, 7) is 13.1. The van der Waals surface area contributed by atoms with Crippen LogP contribution in [-0.4, -0.2) is 93.1 Å². The van der Waals surface area contributed by atoms with Crippen LogP contribution in [0.4, 0.5) is 9.59 Å². The summed E-state index contributed by atoms with van der Waals surface area (Å²) in [6, 6.07) is 15.4. The molecule has 6 atom stereocenters. The summed E-state index contributed by atoms with van der Waals surface area (Å²) < 4.78 is 9.58. The summed E-state index contributed by atoms with van der Waals surface area (Å²) in [7, 11) is 2.60. The molecule has 0 unspecified atom stereocenters. The lowest BCUT2D eigenvalue weighted by Gasteiger charge is -2.30. The fourth-order valence-electron chi connectivity index (χ4n) is 8.52. The number of likely N-dealkylation sites (tertiary alicyclic amines) is 2. The van der Waals surface area contributed by atoms with Crippen LogP contribution in [0.15, 0.2) is 48.5 Å². The standard InChI is InChI=1S/C44H52N8O6S3/c1-21(2)35(47-43(55)57-7)41(53)51-19-23(5)15-29(51)37-45-27-17-33(60-39(27)49-37)26-11-9-25(10-12-26)31-13-14-32(59-31)34-18-28-40(61-34)50-38(46-28)30-16-24(6)20-52(30)42(54)36(22(3)4)48-44(56)58-8/h9-14,17-18,21-24,29-30,35-36H,15-16,19-20H2,1-8H3,(H,45,49)(H,46,50)(H,47,55)(H,48,56)/t23-,24-,29+,30-,35-,36-/m0/s1. The zero-order valence-electron chi connectivity index (χ0n) is 35.5. The predicted octanol–water partition coefficient (Wildman–Crippen LogP) is 9.20. The maximum Gasteiger partial charge on any atom is 0.407 e. The molecule has 2 fully saturated rings. The molecule has 61 heavy (non-hydrogen) atoms. The molecule has 5 aromatic heterocycles. The highest BCUT2D eigenvalue weighted by atomic mass is 32.1. The van der Waals surface area contributed by atoms with Crippen molar-refractivity contribution >= 4 is 78.7 Å². The van der Waals surface area contributed by atoms with E-state index in [0.717, 1.165) is 75.8 Å². The van der Waals surface area contributed by atoms with Crippen molar-refractivity contribution < 1.29 is 28.7 Å². The van der Waals surface area contributed by atoms with Gasteiger partial charge >= 0.3 is 12.2 Å². The molecule has 7 heterocycles. The van der Waals surface area contributed by atoms with Crippen molar-refractivity contribution in [1.29, 1.82) is 0 Å². The average Bonchev–Trinajstić information content (AvgIpc) is 4.09. The van der Waals surface area contributed by atoms with E-state index in [0.29, 0.717) is 24.9 Å². The number of imidazole rings is 2. The highest BCUT2D eigenvalue weighted by Crippen LogP contribution is 2.43. The molecule has 0 radical (unpaired) electrons. The predicted molar refractivity (Wildman–Crippen MR) is 240 cm³/mol. The number of alkyl carbamates (subject to hydrolysis) is 2. The van der Waals surface area contributed by atoms with Gasteiger partial charge in [0, 0.05) is 32.6 Å². The lowest BCUT2D eigenvalue weighted by Crippen LogP contribution is -2.51. The lowest BCUT2D eigenvalue weighted by atomic mass is 10.0. The first-order chi connectivity index (χ1) is 29.2. The van der Waals surface area contributed by atoms with Gasteiger partial charge in [-0.2, -0.15) is 0 Å². The molecular formula is C44H52N8O6S3. The number of nitrogens with one attached hydrogen (secondary N) is 4. The Morgan fingerprint density at radius 2 is 1.07 bits per heavy atom. The van der Waals surface area contributed by atoms with Gasteiger partial charge in [-0.3, -0.25) is 9.59 Å². The van der Waals surface area contributed by atoms with Crippen LogP contribution in [0, 0.1) is 23.7 Å². The summed E-state index contributed by atoms with van der Waals surface area (Å²) >= 11 is 4.99. The third-order valence-corrected chi connectivity index (χ3v) is 15.1. The molecule has 8 rings (SSSR count). The van der Waals surface area contributed by atoms with E-state index >= 15 is 0 Å². The topological polar surface area (TPSA) is 175 Å². The van der Waals surface area contributed by atoms with E-state index in [1.54, 1.807) is 34.0 Å². The number of benzene rings is 1. The van der Waals surface area contributed by atoms with E-state index in [1.165, 1.54) is 14.2 Å². The summed E-state index contributed by atoms with van der Waals surface area (Å²) in [5.74, 6) is 1.66. The molecule has 4 N–H and O–H groups in total. The van der Waals surface area contributed by atoms with Gasteiger partial charge in [0.2, 0.25) is 11.8 Å².